The Morgan fingerprint density at radius 3 is 1.75 bits per heavy atom. The lowest BCUT2D eigenvalue weighted by atomic mass is 9.92. The van der Waals surface area contributed by atoms with E-state index >= 15 is 0 Å². The molecule has 0 heterocycles. The van der Waals surface area contributed by atoms with E-state index in [1.807, 2.05) is 13.8 Å². The molecule has 0 saturated carbocycles. The molecule has 0 spiro atoms. The minimum absolute atomic E-state index is 0.0884. The number of nitrogens with one attached hydrogen (secondary N) is 2. The summed E-state index contributed by atoms with van der Waals surface area (Å²) in [4.78, 5) is 43.0. The van der Waals surface area contributed by atoms with E-state index in [0.29, 0.717) is 39.3 Å². The lowest BCUT2D eigenvalue weighted by Crippen LogP contribution is -2.44. The predicted molar refractivity (Wildman–Crippen MR) is 211 cm³/mol. The summed E-state index contributed by atoms with van der Waals surface area (Å²) in [6.07, 6.45) is 13.7. The van der Waals surface area contributed by atoms with E-state index in [-0.39, 0.29) is 51.9 Å². The fourth-order valence-electron chi connectivity index (χ4n) is 5.01. The molecule has 2 amide bonds. The Morgan fingerprint density at radius 1 is 0.696 bits per heavy atom. The molecule has 0 fully saturated rings. The van der Waals surface area contributed by atoms with E-state index in [1.165, 1.54) is 0 Å². The number of hydrazine groups is 1. The molecule has 56 heavy (non-hydrogen) atoms. The first kappa shape index (κ1) is 51.8. The summed E-state index contributed by atoms with van der Waals surface area (Å²) >= 11 is 0. The SMILES string of the molecule is C=C(C)COCC(COCC(=C)C)(COC(=O)NCCCCCCN(OCNCCCCCCOC#N)N(C=O)CCCCCCOC#N)COC(=O)C(=C)C. The third-order valence-corrected chi connectivity index (χ3v) is 8.01. The second-order valence-corrected chi connectivity index (χ2v) is 14.0. The molecule has 0 radical (unpaired) electrons. The van der Waals surface area contributed by atoms with E-state index in [9.17, 15) is 14.4 Å². The predicted octanol–water partition coefficient (Wildman–Crippen LogP) is 5.83. The average molecular weight is 793 g/mol. The van der Waals surface area contributed by atoms with E-state index in [4.69, 9.17) is 43.8 Å². The van der Waals surface area contributed by atoms with Gasteiger partial charge < -0.3 is 33.7 Å². The first-order chi connectivity index (χ1) is 27.0. The number of hydrogen-bond acceptors (Lipinski definition) is 14. The van der Waals surface area contributed by atoms with E-state index in [2.05, 4.69) is 30.4 Å². The number of rotatable bonds is 39. The Hall–Kier alpha value is -4.19. The summed E-state index contributed by atoms with van der Waals surface area (Å²) in [5, 5.41) is 26.1. The van der Waals surface area contributed by atoms with Crippen LogP contribution in [0.5, 0.6) is 0 Å². The highest BCUT2D eigenvalue weighted by molar-refractivity contribution is 5.86. The van der Waals surface area contributed by atoms with Crippen LogP contribution >= 0.6 is 0 Å². The number of carbonyl (C=O) groups is 3. The Balaban J connectivity index is 4.95. The molecule has 0 atom stereocenters. The standard InChI is InChI=1S/C40H68N6O10/c1-35(2)25-52-27-40(28-53-26-36(3)4,29-54-38(48)37(5)6)30-55-39(49)44-20-14-7-9-16-22-46(45(34-47)21-15-10-12-18-24-51-32-42)56-33-43-19-13-8-11-17-23-50-31-41/h34,43H,1,3,5,7-30,33H2,2,4,6H3,(H,44,49). The average Bonchev–Trinajstić information content (AvgIpc) is 3.16. The maximum Gasteiger partial charge on any atom is 0.407 e. The highest BCUT2D eigenvalue weighted by atomic mass is 16.7. The van der Waals surface area contributed by atoms with Crippen LogP contribution < -0.4 is 10.6 Å². The second kappa shape index (κ2) is 35.2. The Morgan fingerprint density at radius 2 is 1.21 bits per heavy atom. The summed E-state index contributed by atoms with van der Waals surface area (Å²) in [5.41, 5.74) is 0.882. The number of unbranched alkanes of at least 4 members (excludes halogenated alkanes) is 9. The van der Waals surface area contributed by atoms with E-state index in [0.717, 1.165) is 94.7 Å². The molecule has 0 aromatic rings. The first-order valence-corrected chi connectivity index (χ1v) is 19.5. The number of alkyl carbamates (subject to hydrolysis) is 1. The molecule has 0 rings (SSSR count). The maximum atomic E-state index is 12.7. The number of amides is 2. The van der Waals surface area contributed by atoms with Gasteiger partial charge in [0.2, 0.25) is 6.41 Å². The van der Waals surface area contributed by atoms with Crippen LogP contribution in [-0.2, 0) is 42.8 Å². The smallest absolute Gasteiger partial charge is 0.407 e. The van der Waals surface area contributed by atoms with Crippen molar-refractivity contribution in [1.82, 2.24) is 20.8 Å². The van der Waals surface area contributed by atoms with Crippen molar-refractivity contribution in [3.8, 4) is 12.5 Å². The molecule has 0 bridgehead atoms. The van der Waals surface area contributed by atoms with Crippen molar-refractivity contribution in [2.24, 2.45) is 5.41 Å². The molecule has 0 aliphatic rings. The van der Waals surface area contributed by atoms with Gasteiger partial charge >= 0.3 is 12.1 Å². The number of carbonyl (C=O) groups excluding carboxylic acids is 3. The Bertz CT molecular complexity index is 1190. The Labute approximate surface area is 335 Å². The van der Waals surface area contributed by atoms with Gasteiger partial charge in [0.15, 0.2) is 0 Å². The maximum absolute atomic E-state index is 12.7. The molecule has 0 aromatic carbocycles. The monoisotopic (exact) mass is 792 g/mol. The van der Waals surface area contributed by atoms with Crippen molar-refractivity contribution in [2.45, 2.75) is 97.8 Å². The highest BCUT2D eigenvalue weighted by Gasteiger charge is 2.35. The molecule has 0 unspecified atom stereocenters. The fraction of sp³-hybridized carbons (Fsp3) is 0.725. The third-order valence-electron chi connectivity index (χ3n) is 8.01. The van der Waals surface area contributed by atoms with Crippen molar-refractivity contribution in [2.75, 3.05) is 85.8 Å². The second-order valence-electron chi connectivity index (χ2n) is 14.0. The summed E-state index contributed by atoms with van der Waals surface area (Å²) in [5.74, 6) is -0.568. The van der Waals surface area contributed by atoms with E-state index in [1.54, 1.807) is 29.6 Å². The van der Waals surface area contributed by atoms with Crippen LogP contribution in [0.4, 0.5) is 4.79 Å². The zero-order valence-corrected chi connectivity index (χ0v) is 34.2. The minimum Gasteiger partial charge on any atom is -0.461 e. The number of nitriles is 2. The van der Waals surface area contributed by atoms with Crippen molar-refractivity contribution < 1.29 is 47.6 Å². The fourth-order valence-corrected chi connectivity index (χ4v) is 5.01. The minimum atomic E-state index is -0.978. The largest absolute Gasteiger partial charge is 0.461 e. The summed E-state index contributed by atoms with van der Waals surface area (Å²) in [7, 11) is 0. The van der Waals surface area contributed by atoms with Crippen LogP contribution in [0.25, 0.3) is 0 Å². The first-order valence-electron chi connectivity index (χ1n) is 19.5. The molecule has 0 aliphatic heterocycles. The molecule has 16 heteroatoms. The summed E-state index contributed by atoms with van der Waals surface area (Å²) in [6.45, 7) is 20.3. The van der Waals surface area contributed by atoms with Crippen LogP contribution in [0.3, 0.4) is 0 Å². The van der Waals surface area contributed by atoms with Crippen molar-refractivity contribution in [1.29, 1.82) is 10.5 Å². The van der Waals surface area contributed by atoms with Crippen molar-refractivity contribution >= 4 is 18.5 Å². The topological polar surface area (TPSA) is 194 Å². The van der Waals surface area contributed by atoms with Gasteiger partial charge in [-0.2, -0.15) is 10.5 Å². The quantitative estimate of drug-likeness (QED) is 0.0110. The van der Waals surface area contributed by atoms with Gasteiger partial charge in [0, 0.05) is 25.2 Å². The molecular weight excluding hydrogens is 724 g/mol. The molecular formula is C40H68N6O10. The molecule has 0 aliphatic carbocycles. The summed E-state index contributed by atoms with van der Waals surface area (Å²) in [6, 6.07) is 0. The number of ether oxygens (including phenoxy) is 6. The zero-order chi connectivity index (χ0) is 41.7. The molecule has 0 saturated heterocycles. The van der Waals surface area contributed by atoms with Crippen LogP contribution in [0, 0.1) is 28.4 Å². The lowest BCUT2D eigenvalue weighted by Gasteiger charge is -2.32. The van der Waals surface area contributed by atoms with Crippen molar-refractivity contribution in [3.63, 3.8) is 0 Å². The van der Waals surface area contributed by atoms with Gasteiger partial charge in [-0.25, -0.2) is 9.59 Å². The van der Waals surface area contributed by atoms with Gasteiger partial charge in [0.1, 0.15) is 33.2 Å². The lowest BCUT2D eigenvalue weighted by molar-refractivity contribution is -0.273. The van der Waals surface area contributed by atoms with Crippen molar-refractivity contribution in [3.05, 3.63) is 36.5 Å². The van der Waals surface area contributed by atoms with Gasteiger partial charge in [-0.1, -0.05) is 61.7 Å². The third kappa shape index (κ3) is 30.1. The number of hydrogen-bond donors (Lipinski definition) is 2. The van der Waals surface area contributed by atoms with Gasteiger partial charge in [-0.3, -0.25) is 20.0 Å². The van der Waals surface area contributed by atoms with Gasteiger partial charge in [-0.05, 0) is 78.7 Å². The molecule has 16 nitrogen and oxygen atoms in total. The molecule has 0 aromatic heterocycles. The number of esters is 1. The van der Waals surface area contributed by atoms with Crippen LogP contribution in [0.1, 0.15) is 97.8 Å². The summed E-state index contributed by atoms with van der Waals surface area (Å²) < 4.78 is 32.1. The van der Waals surface area contributed by atoms with Crippen LogP contribution in [0.15, 0.2) is 36.5 Å². The van der Waals surface area contributed by atoms with Crippen LogP contribution in [-0.4, -0.2) is 114 Å². The van der Waals surface area contributed by atoms with Gasteiger partial charge in [0.25, 0.3) is 12.5 Å². The van der Waals surface area contributed by atoms with Gasteiger partial charge in [-0.15, -0.1) is 0 Å². The molecule has 2 N–H and O–H groups in total. The van der Waals surface area contributed by atoms with Crippen LogP contribution in [0.2, 0.25) is 0 Å². The number of hydroxylamine groups is 1. The highest BCUT2D eigenvalue weighted by Crippen LogP contribution is 2.22. The number of nitrogens with zero attached hydrogens (tertiary/aromatic N) is 4. The molecule has 318 valence electrons. The van der Waals surface area contributed by atoms with E-state index < -0.39 is 17.5 Å². The normalized spacial score (nSPS) is 10.9. The zero-order valence-electron chi connectivity index (χ0n) is 34.2. The van der Waals surface area contributed by atoms with Gasteiger partial charge in [0.05, 0.1) is 31.8 Å². The Kier molecular flexibility index (Phi) is 32.6.